The van der Waals surface area contributed by atoms with Crippen molar-refractivity contribution in [2.45, 2.75) is 19.6 Å². The maximum Gasteiger partial charge on any atom is 0.427 e. The smallest absolute Gasteiger partial charge is 0.427 e. The number of thiophene rings is 1. The zero-order valence-electron chi connectivity index (χ0n) is 13.5. The third kappa shape index (κ3) is 5.54. The topological polar surface area (TPSA) is 50.7 Å². The lowest BCUT2D eigenvalue weighted by Gasteiger charge is -2.06. The molecule has 0 spiro atoms. The summed E-state index contributed by atoms with van der Waals surface area (Å²) >= 11 is 9.50. The van der Waals surface area contributed by atoms with Gasteiger partial charge in [0.25, 0.3) is 0 Å². The quantitative estimate of drug-likeness (QED) is 0.532. The van der Waals surface area contributed by atoms with Crippen LogP contribution in [0.4, 0.5) is 4.79 Å². The van der Waals surface area contributed by atoms with Gasteiger partial charge in [-0.3, -0.25) is 0 Å². The largest absolute Gasteiger partial charge is 0.449 e. The van der Waals surface area contributed by atoms with E-state index in [0.717, 1.165) is 21.9 Å². The average molecular weight is 383 g/mol. The van der Waals surface area contributed by atoms with Gasteiger partial charge in [0.1, 0.15) is 5.71 Å². The van der Waals surface area contributed by atoms with Crippen LogP contribution in [0, 0.1) is 0 Å². The third-order valence-electron chi connectivity index (χ3n) is 3.00. The highest BCUT2D eigenvalue weighted by molar-refractivity contribution is 7.98. The first kappa shape index (κ1) is 18.8. The number of hydrogen-bond acceptors (Lipinski definition) is 5. The van der Waals surface area contributed by atoms with E-state index in [-0.39, 0.29) is 0 Å². The normalized spacial score (nSPS) is 11.4. The summed E-state index contributed by atoms with van der Waals surface area (Å²) in [5, 5.41) is 4.91. The molecule has 1 N–H and O–H groups in total. The lowest BCUT2D eigenvalue weighted by atomic mass is 10.1. The molecule has 0 saturated heterocycles. The van der Waals surface area contributed by atoms with Gasteiger partial charge >= 0.3 is 6.09 Å². The summed E-state index contributed by atoms with van der Waals surface area (Å²) < 4.78 is 4.86. The van der Waals surface area contributed by atoms with Gasteiger partial charge in [0.05, 0.1) is 11.5 Å². The van der Waals surface area contributed by atoms with Gasteiger partial charge in [0.2, 0.25) is 0 Å². The molecule has 0 saturated carbocycles. The first-order chi connectivity index (χ1) is 11.6. The van der Waals surface area contributed by atoms with Crippen LogP contribution < -0.4 is 5.43 Å². The van der Waals surface area contributed by atoms with Crippen LogP contribution in [0.2, 0.25) is 5.02 Å². The predicted octanol–water partition coefficient (Wildman–Crippen LogP) is 5.15. The summed E-state index contributed by atoms with van der Waals surface area (Å²) in [6, 6.07) is 11.5. The average Bonchev–Trinajstić information content (AvgIpc) is 3.03. The van der Waals surface area contributed by atoms with Gasteiger partial charge in [0, 0.05) is 21.2 Å². The number of carbonyl (C=O) groups excluding carboxylic acids is 1. The third-order valence-corrected chi connectivity index (χ3v) is 5.45. The van der Waals surface area contributed by atoms with E-state index in [9.17, 15) is 4.79 Å². The Balaban J connectivity index is 2.28. The van der Waals surface area contributed by atoms with Crippen molar-refractivity contribution in [3.63, 3.8) is 0 Å². The number of hydrazone groups is 1. The molecule has 2 aromatic rings. The Morgan fingerprint density at radius 2 is 2.00 bits per heavy atom. The van der Waals surface area contributed by atoms with Gasteiger partial charge in [-0.25, -0.2) is 10.2 Å². The Morgan fingerprint density at radius 1 is 1.25 bits per heavy atom. The molecule has 4 nitrogen and oxygen atoms in total. The SMILES string of the molecule is CCOC(=O)NN=C(c1ccc(Cl)cc1)c1ccc(CSCC)s1. The van der Waals surface area contributed by atoms with E-state index in [0.29, 0.717) is 17.3 Å². The molecule has 2 rings (SSSR count). The standard InChI is InChI=1S/C17H19ClN2O2S2/c1-3-22-17(21)20-19-16(12-5-7-13(18)8-6-12)15-10-9-14(24-15)11-23-4-2/h5-10H,3-4,11H2,1-2H3,(H,20,21). The molecule has 128 valence electrons. The predicted molar refractivity (Wildman–Crippen MR) is 103 cm³/mol. The zero-order valence-corrected chi connectivity index (χ0v) is 15.9. The number of nitrogens with zero attached hydrogens (tertiary/aromatic N) is 1. The van der Waals surface area contributed by atoms with Crippen LogP contribution >= 0.6 is 34.7 Å². The van der Waals surface area contributed by atoms with Gasteiger partial charge in [-0.05, 0) is 36.9 Å². The van der Waals surface area contributed by atoms with Crippen LogP contribution in [0.15, 0.2) is 41.5 Å². The Hall–Kier alpha value is -1.50. The zero-order chi connectivity index (χ0) is 17.4. The van der Waals surface area contributed by atoms with E-state index >= 15 is 0 Å². The minimum Gasteiger partial charge on any atom is -0.449 e. The van der Waals surface area contributed by atoms with E-state index in [1.165, 1.54) is 4.88 Å². The monoisotopic (exact) mass is 382 g/mol. The van der Waals surface area contributed by atoms with Crippen LogP contribution in [-0.4, -0.2) is 24.2 Å². The van der Waals surface area contributed by atoms with Crippen molar-refractivity contribution in [1.29, 1.82) is 0 Å². The van der Waals surface area contributed by atoms with Gasteiger partial charge in [0.15, 0.2) is 0 Å². The van der Waals surface area contributed by atoms with Crippen LogP contribution in [0.1, 0.15) is 29.2 Å². The van der Waals surface area contributed by atoms with Crippen LogP contribution in [0.5, 0.6) is 0 Å². The fourth-order valence-corrected chi connectivity index (χ4v) is 3.85. The van der Waals surface area contributed by atoms with Crippen LogP contribution in [0.3, 0.4) is 0 Å². The summed E-state index contributed by atoms with van der Waals surface area (Å²) in [5.41, 5.74) is 4.02. The van der Waals surface area contributed by atoms with E-state index in [2.05, 4.69) is 23.5 Å². The number of carbonyl (C=O) groups is 1. The number of nitrogens with one attached hydrogen (secondary N) is 1. The molecule has 0 aliphatic rings. The molecule has 0 unspecified atom stereocenters. The van der Waals surface area contributed by atoms with Crippen molar-refractivity contribution in [2.24, 2.45) is 5.10 Å². The fourth-order valence-electron chi connectivity index (χ4n) is 1.92. The molecule has 0 aliphatic heterocycles. The maximum atomic E-state index is 11.5. The van der Waals surface area contributed by atoms with Crippen LogP contribution in [-0.2, 0) is 10.5 Å². The van der Waals surface area contributed by atoms with Gasteiger partial charge in [-0.1, -0.05) is 30.7 Å². The molecular weight excluding hydrogens is 364 g/mol. The van der Waals surface area contributed by atoms with Crippen molar-refractivity contribution in [1.82, 2.24) is 5.43 Å². The van der Waals surface area contributed by atoms with E-state index in [4.69, 9.17) is 16.3 Å². The second-order valence-electron chi connectivity index (χ2n) is 4.70. The number of amides is 1. The first-order valence-corrected chi connectivity index (χ1v) is 9.92. The molecule has 1 heterocycles. The van der Waals surface area contributed by atoms with E-state index in [1.54, 1.807) is 30.4 Å². The molecule has 0 atom stereocenters. The second kappa shape index (κ2) is 9.71. The van der Waals surface area contributed by atoms with Gasteiger partial charge in [-0.2, -0.15) is 16.9 Å². The molecule has 1 aromatic heterocycles. The second-order valence-corrected chi connectivity index (χ2v) is 7.58. The van der Waals surface area contributed by atoms with E-state index < -0.39 is 6.09 Å². The maximum absolute atomic E-state index is 11.5. The van der Waals surface area contributed by atoms with Gasteiger partial charge in [-0.15, -0.1) is 11.3 Å². The highest BCUT2D eigenvalue weighted by Crippen LogP contribution is 2.24. The Morgan fingerprint density at radius 3 is 2.67 bits per heavy atom. The van der Waals surface area contributed by atoms with Crippen LogP contribution in [0.25, 0.3) is 0 Å². The lowest BCUT2D eigenvalue weighted by molar-refractivity contribution is 0.152. The summed E-state index contributed by atoms with van der Waals surface area (Å²) in [7, 11) is 0. The van der Waals surface area contributed by atoms with Crippen molar-refractivity contribution in [3.8, 4) is 0 Å². The number of benzene rings is 1. The molecule has 1 amide bonds. The van der Waals surface area contributed by atoms with Gasteiger partial charge < -0.3 is 4.74 Å². The molecule has 0 aliphatic carbocycles. The Kier molecular flexibility index (Phi) is 7.62. The number of halogens is 1. The summed E-state index contributed by atoms with van der Waals surface area (Å²) in [6.45, 7) is 4.19. The van der Waals surface area contributed by atoms with Crippen molar-refractivity contribution in [2.75, 3.05) is 12.4 Å². The summed E-state index contributed by atoms with van der Waals surface area (Å²) in [4.78, 5) is 13.8. The molecule has 24 heavy (non-hydrogen) atoms. The number of hydrogen-bond donors (Lipinski definition) is 1. The highest BCUT2D eigenvalue weighted by Gasteiger charge is 2.12. The van der Waals surface area contributed by atoms with Crippen molar-refractivity contribution in [3.05, 3.63) is 56.7 Å². The Labute approximate surface area is 155 Å². The molecule has 1 aromatic carbocycles. The lowest BCUT2D eigenvalue weighted by Crippen LogP contribution is -2.21. The minimum atomic E-state index is -0.567. The number of ether oxygens (including phenoxy) is 1. The van der Waals surface area contributed by atoms with Crippen molar-refractivity contribution < 1.29 is 9.53 Å². The van der Waals surface area contributed by atoms with Crippen molar-refractivity contribution >= 4 is 46.5 Å². The molecule has 0 radical (unpaired) electrons. The van der Waals surface area contributed by atoms with E-state index in [1.807, 2.05) is 30.0 Å². The molecular formula is C17H19ClN2O2S2. The molecule has 0 fully saturated rings. The highest BCUT2D eigenvalue weighted by atomic mass is 35.5. The number of rotatable bonds is 7. The molecule has 7 heteroatoms. The minimum absolute atomic E-state index is 0.301. The summed E-state index contributed by atoms with van der Waals surface area (Å²) in [5.74, 6) is 2.05. The molecule has 0 bridgehead atoms. The Bertz CT molecular complexity index is 699. The summed E-state index contributed by atoms with van der Waals surface area (Å²) in [6.07, 6.45) is -0.567. The number of thioether (sulfide) groups is 1. The first-order valence-electron chi connectivity index (χ1n) is 7.57. The fraction of sp³-hybridized carbons (Fsp3) is 0.294.